The van der Waals surface area contributed by atoms with Crippen molar-refractivity contribution in [3.63, 3.8) is 0 Å². The number of nitrogens with one attached hydrogen (secondary N) is 1. The average Bonchev–Trinajstić information content (AvgIpc) is 2.72. The predicted octanol–water partition coefficient (Wildman–Crippen LogP) is 2.35. The van der Waals surface area contributed by atoms with Gasteiger partial charge in [-0.25, -0.2) is 4.79 Å². The summed E-state index contributed by atoms with van der Waals surface area (Å²) in [6.45, 7) is 0. The van der Waals surface area contributed by atoms with Gasteiger partial charge < -0.3 is 19.5 Å². The monoisotopic (exact) mass is 473 g/mol. The summed E-state index contributed by atoms with van der Waals surface area (Å²) in [5.74, 6) is -6.87. The van der Waals surface area contributed by atoms with Gasteiger partial charge in [0.1, 0.15) is 6.04 Å². The lowest BCUT2D eigenvalue weighted by atomic mass is 9.95. The van der Waals surface area contributed by atoms with Crippen LogP contribution in [0.4, 0.5) is 26.3 Å². The molecular weight excluding hydrogens is 456 g/mol. The fourth-order valence-electron chi connectivity index (χ4n) is 2.51. The molecule has 0 aliphatic rings. The van der Waals surface area contributed by atoms with Gasteiger partial charge in [0, 0.05) is 5.56 Å². The third-order valence-electron chi connectivity index (χ3n) is 4.11. The van der Waals surface area contributed by atoms with Crippen molar-refractivity contribution in [2.75, 3.05) is 21.3 Å². The highest BCUT2D eigenvalue weighted by atomic mass is 19.4. The van der Waals surface area contributed by atoms with Gasteiger partial charge in [-0.3, -0.25) is 14.4 Å². The second-order valence-electron chi connectivity index (χ2n) is 6.18. The van der Waals surface area contributed by atoms with E-state index in [0.717, 1.165) is 21.3 Å². The van der Waals surface area contributed by atoms with Gasteiger partial charge in [0.15, 0.2) is 0 Å². The highest BCUT2D eigenvalue weighted by Gasteiger charge is 2.40. The van der Waals surface area contributed by atoms with Crippen molar-refractivity contribution < 1.29 is 59.7 Å². The van der Waals surface area contributed by atoms with Crippen LogP contribution in [-0.2, 0) is 40.9 Å². The van der Waals surface area contributed by atoms with E-state index in [1.807, 2.05) is 5.32 Å². The SMILES string of the molecule is COC(=O)C[C@H](C(=O)OC)[C@@H](NC(=O)c1cc(C(F)(F)F)cc(C(F)(F)F)c1)C(=O)OC. The summed E-state index contributed by atoms with van der Waals surface area (Å²) in [5, 5.41) is 1.83. The third-order valence-corrected chi connectivity index (χ3v) is 4.11. The molecule has 1 N–H and O–H groups in total. The molecule has 0 aromatic heterocycles. The number of carbonyl (C=O) groups excluding carboxylic acids is 4. The molecule has 2 atom stereocenters. The quantitative estimate of drug-likeness (QED) is 0.368. The van der Waals surface area contributed by atoms with E-state index in [1.54, 1.807) is 0 Å². The van der Waals surface area contributed by atoms with E-state index in [2.05, 4.69) is 14.2 Å². The van der Waals surface area contributed by atoms with E-state index in [4.69, 9.17) is 0 Å². The van der Waals surface area contributed by atoms with Crippen molar-refractivity contribution >= 4 is 23.8 Å². The first kappa shape index (κ1) is 26.7. The summed E-state index contributed by atoms with van der Waals surface area (Å²) < 4.78 is 91.4. The summed E-state index contributed by atoms with van der Waals surface area (Å²) in [6.07, 6.45) is -11.3. The van der Waals surface area contributed by atoms with Crippen molar-refractivity contribution in [1.29, 1.82) is 0 Å². The van der Waals surface area contributed by atoms with Crippen LogP contribution in [0, 0.1) is 5.92 Å². The van der Waals surface area contributed by atoms with E-state index >= 15 is 0 Å². The first-order valence-corrected chi connectivity index (χ1v) is 8.48. The number of esters is 3. The summed E-state index contributed by atoms with van der Waals surface area (Å²) in [6, 6.07) is -1.93. The second kappa shape index (κ2) is 10.3. The van der Waals surface area contributed by atoms with Gasteiger partial charge >= 0.3 is 30.3 Å². The number of hydrogen-bond acceptors (Lipinski definition) is 7. The Bertz CT molecular complexity index is 849. The molecule has 178 valence electrons. The summed E-state index contributed by atoms with van der Waals surface area (Å²) >= 11 is 0. The zero-order valence-corrected chi connectivity index (χ0v) is 16.7. The van der Waals surface area contributed by atoms with Crippen LogP contribution < -0.4 is 5.32 Å². The number of ether oxygens (including phenoxy) is 3. The number of carbonyl (C=O) groups is 4. The minimum atomic E-state index is -5.22. The molecule has 1 rings (SSSR count). The normalized spacial score (nSPS) is 13.5. The Morgan fingerprint density at radius 3 is 1.66 bits per heavy atom. The number of alkyl halides is 6. The van der Waals surface area contributed by atoms with Gasteiger partial charge in [0.05, 0.1) is 44.8 Å². The topological polar surface area (TPSA) is 108 Å². The molecule has 0 spiro atoms. The van der Waals surface area contributed by atoms with E-state index in [-0.39, 0.29) is 18.2 Å². The van der Waals surface area contributed by atoms with Crippen LogP contribution >= 0.6 is 0 Å². The van der Waals surface area contributed by atoms with Crippen LogP contribution in [0.1, 0.15) is 27.9 Å². The Balaban J connectivity index is 3.46. The minimum absolute atomic E-state index is 0.131. The van der Waals surface area contributed by atoms with Crippen LogP contribution in [-0.4, -0.2) is 51.2 Å². The van der Waals surface area contributed by atoms with Gasteiger partial charge in [0.2, 0.25) is 0 Å². The lowest BCUT2D eigenvalue weighted by molar-refractivity contribution is -0.158. The molecule has 0 aliphatic carbocycles. The van der Waals surface area contributed by atoms with E-state index in [1.165, 1.54) is 0 Å². The number of hydrogen-bond donors (Lipinski definition) is 1. The smallest absolute Gasteiger partial charge is 0.416 e. The van der Waals surface area contributed by atoms with E-state index < -0.39 is 71.2 Å². The molecule has 0 heterocycles. The average molecular weight is 473 g/mol. The van der Waals surface area contributed by atoms with Crippen LogP contribution in [0.3, 0.4) is 0 Å². The van der Waals surface area contributed by atoms with Gasteiger partial charge in [-0.1, -0.05) is 0 Å². The Kier molecular flexibility index (Phi) is 8.62. The first-order chi connectivity index (χ1) is 14.6. The summed E-state index contributed by atoms with van der Waals surface area (Å²) in [7, 11) is 2.66. The molecule has 0 fully saturated rings. The van der Waals surface area contributed by atoms with Gasteiger partial charge in [-0.05, 0) is 18.2 Å². The molecule has 14 heteroatoms. The number of amides is 1. The maximum atomic E-state index is 13.0. The van der Waals surface area contributed by atoms with Crippen LogP contribution in [0.25, 0.3) is 0 Å². The fraction of sp³-hybridized carbons (Fsp3) is 0.444. The van der Waals surface area contributed by atoms with Gasteiger partial charge in [-0.2, -0.15) is 26.3 Å². The maximum absolute atomic E-state index is 13.0. The van der Waals surface area contributed by atoms with Gasteiger partial charge in [0.25, 0.3) is 5.91 Å². The maximum Gasteiger partial charge on any atom is 0.416 e. The van der Waals surface area contributed by atoms with Crippen LogP contribution in [0.5, 0.6) is 0 Å². The third kappa shape index (κ3) is 6.85. The number of methoxy groups -OCH3 is 3. The molecule has 8 nitrogen and oxygen atoms in total. The van der Waals surface area contributed by atoms with Crippen LogP contribution in [0.2, 0.25) is 0 Å². The van der Waals surface area contributed by atoms with Gasteiger partial charge in [-0.15, -0.1) is 0 Å². The lowest BCUT2D eigenvalue weighted by Crippen LogP contribution is -2.50. The van der Waals surface area contributed by atoms with Crippen molar-refractivity contribution in [2.45, 2.75) is 24.8 Å². The highest BCUT2D eigenvalue weighted by molar-refractivity contribution is 5.98. The zero-order valence-electron chi connectivity index (χ0n) is 16.7. The standard InChI is InChI=1S/C18H17F6NO7/c1-30-12(26)7-11(15(28)31-2)13(16(29)32-3)25-14(27)8-4-9(17(19,20)21)6-10(5-8)18(22,23)24/h4-6,11,13H,7H2,1-3H3,(H,25,27)/t11-,13+/m0/s1. The molecule has 0 saturated heterocycles. The number of benzene rings is 1. The highest BCUT2D eigenvalue weighted by Crippen LogP contribution is 2.36. The number of halogens is 6. The molecule has 1 aromatic rings. The Morgan fingerprint density at radius 1 is 0.812 bits per heavy atom. The molecule has 1 aromatic carbocycles. The Hall–Kier alpha value is -3.32. The molecule has 32 heavy (non-hydrogen) atoms. The summed E-state index contributed by atoms with van der Waals surface area (Å²) in [5.41, 5.74) is -4.65. The van der Waals surface area contributed by atoms with E-state index in [9.17, 15) is 45.5 Å². The Morgan fingerprint density at radius 2 is 1.28 bits per heavy atom. The van der Waals surface area contributed by atoms with Crippen molar-refractivity contribution in [3.8, 4) is 0 Å². The molecule has 0 radical (unpaired) electrons. The van der Waals surface area contributed by atoms with Crippen molar-refractivity contribution in [2.24, 2.45) is 5.92 Å². The zero-order chi connectivity index (χ0) is 24.9. The van der Waals surface area contributed by atoms with Crippen LogP contribution in [0.15, 0.2) is 18.2 Å². The minimum Gasteiger partial charge on any atom is -0.469 e. The molecule has 1 amide bonds. The number of rotatable bonds is 7. The molecule has 0 saturated carbocycles. The van der Waals surface area contributed by atoms with Crippen molar-refractivity contribution in [3.05, 3.63) is 34.9 Å². The molecule has 0 unspecified atom stereocenters. The Labute approximate surface area is 176 Å². The largest absolute Gasteiger partial charge is 0.469 e. The fourth-order valence-corrected chi connectivity index (χ4v) is 2.51. The summed E-state index contributed by atoms with van der Waals surface area (Å²) in [4.78, 5) is 48.2. The van der Waals surface area contributed by atoms with Crippen molar-refractivity contribution in [1.82, 2.24) is 5.32 Å². The molecule has 0 aliphatic heterocycles. The van der Waals surface area contributed by atoms with E-state index in [0.29, 0.717) is 0 Å². The first-order valence-electron chi connectivity index (χ1n) is 8.48. The molecule has 0 bridgehead atoms. The lowest BCUT2D eigenvalue weighted by Gasteiger charge is -2.24. The molecular formula is C18H17F6NO7. The second-order valence-corrected chi connectivity index (χ2v) is 6.18. The predicted molar refractivity (Wildman–Crippen MR) is 91.9 cm³/mol.